The predicted molar refractivity (Wildman–Crippen MR) is 61.3 cm³/mol. The second kappa shape index (κ2) is 3.64. The molecule has 3 N–H and O–H groups in total. The number of nitrogens with one attached hydrogen (secondary N) is 1. The van der Waals surface area contributed by atoms with Crippen LogP contribution >= 0.6 is 0 Å². The topological polar surface area (TPSA) is 80.1 Å². The number of pyridine rings is 1. The van der Waals surface area contributed by atoms with Gasteiger partial charge >= 0.3 is 0 Å². The number of ether oxygens (including phenoxy) is 1. The van der Waals surface area contributed by atoms with Crippen LogP contribution in [0.15, 0.2) is 12.4 Å². The summed E-state index contributed by atoms with van der Waals surface area (Å²) >= 11 is 0. The van der Waals surface area contributed by atoms with Gasteiger partial charge in [0.25, 0.3) is 0 Å². The highest BCUT2D eigenvalue weighted by molar-refractivity contribution is 5.87. The Bertz CT molecular complexity index is 503. The summed E-state index contributed by atoms with van der Waals surface area (Å²) in [6.45, 7) is 3.24. The lowest BCUT2D eigenvalue weighted by molar-refractivity contribution is 0.123. The van der Waals surface area contributed by atoms with E-state index in [0.29, 0.717) is 11.5 Å². The molecule has 6 heteroatoms. The van der Waals surface area contributed by atoms with E-state index in [1.54, 1.807) is 6.33 Å². The third-order valence-corrected chi connectivity index (χ3v) is 2.75. The van der Waals surface area contributed by atoms with Gasteiger partial charge in [0.2, 0.25) is 0 Å². The van der Waals surface area contributed by atoms with Gasteiger partial charge in [0.1, 0.15) is 11.3 Å². The van der Waals surface area contributed by atoms with Gasteiger partial charge < -0.3 is 20.4 Å². The van der Waals surface area contributed by atoms with E-state index in [4.69, 9.17) is 10.5 Å². The number of aromatic nitrogens is 3. The van der Waals surface area contributed by atoms with Gasteiger partial charge in [-0.15, -0.1) is 0 Å². The second-order valence-corrected chi connectivity index (χ2v) is 3.77. The number of rotatable bonds is 1. The number of morpholine rings is 1. The number of nitrogens with zero attached hydrogens (tertiary/aromatic N) is 3. The Labute approximate surface area is 92.4 Å². The van der Waals surface area contributed by atoms with Crippen LogP contribution in [-0.4, -0.2) is 41.3 Å². The zero-order valence-electron chi connectivity index (χ0n) is 8.81. The van der Waals surface area contributed by atoms with Crippen molar-refractivity contribution in [3.8, 4) is 0 Å². The number of fused-ring (bicyclic) bond motifs is 1. The Morgan fingerprint density at radius 3 is 3.00 bits per heavy atom. The van der Waals surface area contributed by atoms with Crippen molar-refractivity contribution in [1.82, 2.24) is 15.0 Å². The maximum Gasteiger partial charge on any atom is 0.181 e. The van der Waals surface area contributed by atoms with Crippen LogP contribution in [-0.2, 0) is 4.74 Å². The van der Waals surface area contributed by atoms with Crippen molar-refractivity contribution in [2.24, 2.45) is 0 Å². The highest BCUT2D eigenvalue weighted by atomic mass is 16.5. The summed E-state index contributed by atoms with van der Waals surface area (Å²) in [5.74, 6) is 0.501. The van der Waals surface area contributed by atoms with E-state index in [2.05, 4.69) is 19.9 Å². The van der Waals surface area contributed by atoms with Crippen molar-refractivity contribution in [1.29, 1.82) is 0 Å². The van der Waals surface area contributed by atoms with Gasteiger partial charge in [0.05, 0.1) is 25.2 Å². The highest BCUT2D eigenvalue weighted by Gasteiger charge is 2.16. The predicted octanol–water partition coefficient (Wildman–Crippen LogP) is 0.377. The summed E-state index contributed by atoms with van der Waals surface area (Å²) in [6, 6.07) is 1.88. The summed E-state index contributed by atoms with van der Waals surface area (Å²) in [4.78, 5) is 13.6. The van der Waals surface area contributed by atoms with Crippen molar-refractivity contribution >= 4 is 22.7 Å². The molecule has 1 aliphatic rings. The third-order valence-electron chi connectivity index (χ3n) is 2.75. The van der Waals surface area contributed by atoms with Crippen LogP contribution in [0.3, 0.4) is 0 Å². The van der Waals surface area contributed by atoms with Crippen LogP contribution in [0.1, 0.15) is 0 Å². The Hall–Kier alpha value is -1.82. The molecule has 0 aromatic carbocycles. The molecule has 2 aromatic rings. The minimum absolute atomic E-state index is 0.501. The second-order valence-electron chi connectivity index (χ2n) is 3.77. The third kappa shape index (κ3) is 1.47. The Morgan fingerprint density at radius 1 is 1.38 bits per heavy atom. The molecule has 2 aromatic heterocycles. The summed E-state index contributed by atoms with van der Waals surface area (Å²) in [7, 11) is 0. The molecule has 3 rings (SSSR count). The van der Waals surface area contributed by atoms with Crippen molar-refractivity contribution in [3.05, 3.63) is 12.4 Å². The molecule has 84 valence electrons. The molecule has 0 unspecified atom stereocenters. The first-order valence-electron chi connectivity index (χ1n) is 5.27. The standard InChI is InChI=1S/C10H13N5O/c11-8-5-7(15-1-3-16-4-2-15)9-10(14-8)13-6-12-9/h5-6H,1-4H2,(H3,11,12,13,14). The first-order valence-corrected chi connectivity index (χ1v) is 5.27. The molecule has 16 heavy (non-hydrogen) atoms. The maximum atomic E-state index is 5.77. The zero-order valence-corrected chi connectivity index (χ0v) is 8.81. The molecule has 6 nitrogen and oxygen atoms in total. The molecule has 0 atom stereocenters. The molecule has 0 bridgehead atoms. The average molecular weight is 219 g/mol. The fourth-order valence-electron chi connectivity index (χ4n) is 1.98. The number of imidazole rings is 1. The molecule has 0 radical (unpaired) electrons. The van der Waals surface area contributed by atoms with Crippen LogP contribution in [0.4, 0.5) is 11.5 Å². The fourth-order valence-corrected chi connectivity index (χ4v) is 1.98. The first kappa shape index (κ1) is 9.41. The molecule has 0 spiro atoms. The molecule has 0 aliphatic carbocycles. The Morgan fingerprint density at radius 2 is 2.19 bits per heavy atom. The number of aromatic amines is 1. The van der Waals surface area contributed by atoms with Gasteiger partial charge in [0, 0.05) is 19.2 Å². The van der Waals surface area contributed by atoms with Crippen molar-refractivity contribution in [2.45, 2.75) is 0 Å². The summed E-state index contributed by atoms with van der Waals surface area (Å²) in [5, 5.41) is 0. The van der Waals surface area contributed by atoms with Crippen molar-refractivity contribution in [3.63, 3.8) is 0 Å². The number of nitrogens with two attached hydrogens (primary N) is 1. The van der Waals surface area contributed by atoms with E-state index < -0.39 is 0 Å². The van der Waals surface area contributed by atoms with E-state index in [1.807, 2.05) is 6.07 Å². The van der Waals surface area contributed by atoms with Crippen molar-refractivity contribution in [2.75, 3.05) is 36.9 Å². The number of hydrogen-bond acceptors (Lipinski definition) is 5. The molecule has 1 aliphatic heterocycles. The van der Waals surface area contributed by atoms with E-state index in [-0.39, 0.29) is 0 Å². The molecule has 1 fully saturated rings. The summed E-state index contributed by atoms with van der Waals surface area (Å²) in [5.41, 5.74) is 8.44. The van der Waals surface area contributed by atoms with E-state index >= 15 is 0 Å². The molecule has 0 amide bonds. The minimum Gasteiger partial charge on any atom is -0.384 e. The molecular weight excluding hydrogens is 206 g/mol. The lowest BCUT2D eigenvalue weighted by Crippen LogP contribution is -2.36. The lowest BCUT2D eigenvalue weighted by atomic mass is 10.3. The van der Waals surface area contributed by atoms with E-state index in [9.17, 15) is 0 Å². The first-order chi connectivity index (χ1) is 7.84. The van der Waals surface area contributed by atoms with Gasteiger partial charge in [-0.05, 0) is 0 Å². The van der Waals surface area contributed by atoms with E-state index in [0.717, 1.165) is 37.5 Å². The van der Waals surface area contributed by atoms with Crippen LogP contribution in [0.25, 0.3) is 11.2 Å². The molecule has 1 saturated heterocycles. The largest absolute Gasteiger partial charge is 0.384 e. The smallest absolute Gasteiger partial charge is 0.181 e. The van der Waals surface area contributed by atoms with Crippen LogP contribution < -0.4 is 10.6 Å². The Balaban J connectivity index is 2.09. The summed E-state index contributed by atoms with van der Waals surface area (Å²) < 4.78 is 5.33. The zero-order chi connectivity index (χ0) is 11.0. The number of H-pyrrole nitrogens is 1. The van der Waals surface area contributed by atoms with Gasteiger partial charge in [-0.2, -0.15) is 0 Å². The van der Waals surface area contributed by atoms with Gasteiger partial charge in [-0.25, -0.2) is 9.97 Å². The molecular formula is C10H13N5O. The number of anilines is 2. The van der Waals surface area contributed by atoms with Crippen LogP contribution in [0.5, 0.6) is 0 Å². The summed E-state index contributed by atoms with van der Waals surface area (Å²) in [6.07, 6.45) is 1.64. The normalized spacial score (nSPS) is 16.9. The van der Waals surface area contributed by atoms with Gasteiger partial charge in [0.15, 0.2) is 5.65 Å². The maximum absolute atomic E-state index is 5.77. The minimum atomic E-state index is 0.501. The van der Waals surface area contributed by atoms with Crippen molar-refractivity contribution < 1.29 is 4.74 Å². The molecule has 0 saturated carbocycles. The average Bonchev–Trinajstić information content (AvgIpc) is 2.77. The van der Waals surface area contributed by atoms with Gasteiger partial charge in [-0.3, -0.25) is 0 Å². The fraction of sp³-hybridized carbons (Fsp3) is 0.400. The van der Waals surface area contributed by atoms with Gasteiger partial charge in [-0.1, -0.05) is 0 Å². The quantitative estimate of drug-likeness (QED) is 0.724. The van der Waals surface area contributed by atoms with E-state index in [1.165, 1.54) is 0 Å². The SMILES string of the molecule is Nc1cc(N2CCOCC2)c2[nH]cnc2n1. The van der Waals surface area contributed by atoms with Crippen LogP contribution in [0, 0.1) is 0 Å². The Kier molecular flexibility index (Phi) is 2.14. The number of hydrogen-bond donors (Lipinski definition) is 2. The highest BCUT2D eigenvalue weighted by Crippen LogP contribution is 2.25. The number of nitrogen functional groups attached to an aromatic ring is 1. The monoisotopic (exact) mass is 219 g/mol. The molecule has 3 heterocycles. The van der Waals surface area contributed by atoms with Crippen LogP contribution in [0.2, 0.25) is 0 Å². The lowest BCUT2D eigenvalue weighted by Gasteiger charge is -2.29.